The Morgan fingerprint density at radius 3 is 2.32 bits per heavy atom. The van der Waals surface area contributed by atoms with E-state index in [0.29, 0.717) is 5.56 Å². The molecule has 2 heterocycles. The van der Waals surface area contributed by atoms with E-state index in [1.807, 2.05) is 0 Å². The van der Waals surface area contributed by atoms with Crippen LogP contribution in [0.2, 0.25) is 0 Å². The lowest BCUT2D eigenvalue weighted by Gasteiger charge is -2.57. The minimum absolute atomic E-state index is 0.0515. The van der Waals surface area contributed by atoms with E-state index in [-0.39, 0.29) is 30.9 Å². The minimum Gasteiger partial charge on any atom is -0.432 e. The molecule has 2 aromatic rings. The van der Waals surface area contributed by atoms with Crippen LogP contribution in [0.4, 0.5) is 32.4 Å². The highest BCUT2D eigenvalue weighted by Gasteiger charge is 2.60. The van der Waals surface area contributed by atoms with Gasteiger partial charge in [-0.1, -0.05) is 24.3 Å². The standard InChI is InChI=1S/C24H23F5N4O4/c1-23(28,29)15-5-3-14(4-6-15)10-33-19(34)11-32(16-7-8-18(17(25)9-16)37-21(26)27)20(35)24(33)12-31(13-24)22(36)30-2/h3-9,21H,10-13H2,1-2H3,(H,30,36). The summed E-state index contributed by atoms with van der Waals surface area (Å²) in [5.74, 6) is -6.06. The number of ether oxygens (including phenoxy) is 1. The van der Waals surface area contributed by atoms with Crippen molar-refractivity contribution in [3.8, 4) is 5.75 Å². The summed E-state index contributed by atoms with van der Waals surface area (Å²) in [4.78, 5) is 42.7. The zero-order valence-electron chi connectivity index (χ0n) is 19.8. The number of hydrogen-bond acceptors (Lipinski definition) is 4. The third kappa shape index (κ3) is 4.89. The van der Waals surface area contributed by atoms with E-state index in [1.165, 1.54) is 47.2 Å². The van der Waals surface area contributed by atoms with Crippen molar-refractivity contribution >= 4 is 23.5 Å². The molecule has 0 saturated carbocycles. The maximum absolute atomic E-state index is 14.4. The average Bonchev–Trinajstić information content (AvgIpc) is 2.80. The van der Waals surface area contributed by atoms with Gasteiger partial charge in [-0.3, -0.25) is 9.59 Å². The highest BCUT2D eigenvalue weighted by atomic mass is 19.3. The Labute approximate surface area is 208 Å². The van der Waals surface area contributed by atoms with Crippen molar-refractivity contribution in [1.82, 2.24) is 15.1 Å². The number of urea groups is 1. The first kappa shape index (κ1) is 26.2. The summed E-state index contributed by atoms with van der Waals surface area (Å²) in [6.07, 6.45) is 0. The lowest BCUT2D eigenvalue weighted by molar-refractivity contribution is -0.161. The second kappa shape index (κ2) is 9.52. The number of benzene rings is 2. The number of hydrogen-bond donors (Lipinski definition) is 1. The number of rotatable bonds is 6. The van der Waals surface area contributed by atoms with Gasteiger partial charge in [0.1, 0.15) is 6.54 Å². The topological polar surface area (TPSA) is 82.2 Å². The van der Waals surface area contributed by atoms with Crippen molar-refractivity contribution in [3.63, 3.8) is 0 Å². The lowest BCUT2D eigenvalue weighted by atomic mass is 9.83. The molecule has 198 valence electrons. The summed E-state index contributed by atoms with van der Waals surface area (Å²) in [7, 11) is 1.40. The van der Waals surface area contributed by atoms with Crippen LogP contribution in [0.5, 0.6) is 5.75 Å². The highest BCUT2D eigenvalue weighted by Crippen LogP contribution is 2.38. The van der Waals surface area contributed by atoms with Gasteiger partial charge in [-0.15, -0.1) is 0 Å². The zero-order valence-corrected chi connectivity index (χ0v) is 19.8. The van der Waals surface area contributed by atoms with E-state index in [4.69, 9.17) is 0 Å². The molecule has 37 heavy (non-hydrogen) atoms. The molecular formula is C24H23F5N4O4. The van der Waals surface area contributed by atoms with E-state index in [9.17, 15) is 36.3 Å². The fourth-order valence-corrected chi connectivity index (χ4v) is 4.47. The lowest BCUT2D eigenvalue weighted by Crippen LogP contribution is -2.81. The summed E-state index contributed by atoms with van der Waals surface area (Å²) >= 11 is 0. The number of nitrogens with zero attached hydrogens (tertiary/aromatic N) is 3. The molecule has 13 heteroatoms. The van der Waals surface area contributed by atoms with Crippen molar-refractivity contribution in [1.29, 1.82) is 0 Å². The molecule has 2 aromatic carbocycles. The molecule has 1 N–H and O–H groups in total. The number of nitrogens with one attached hydrogen (secondary N) is 1. The number of halogens is 5. The molecule has 0 aliphatic carbocycles. The zero-order chi connectivity index (χ0) is 27.1. The van der Waals surface area contributed by atoms with Crippen LogP contribution in [0.3, 0.4) is 0 Å². The molecule has 4 amide bonds. The fraction of sp³-hybridized carbons (Fsp3) is 0.375. The summed E-state index contributed by atoms with van der Waals surface area (Å²) in [6, 6.07) is 7.75. The molecule has 8 nitrogen and oxygen atoms in total. The normalized spacial score (nSPS) is 17.4. The Kier molecular flexibility index (Phi) is 6.74. The number of carbonyl (C=O) groups is 3. The van der Waals surface area contributed by atoms with Gasteiger partial charge in [-0.2, -0.15) is 8.78 Å². The molecule has 0 atom stereocenters. The summed E-state index contributed by atoms with van der Waals surface area (Å²) < 4.78 is 70.6. The first-order valence-corrected chi connectivity index (χ1v) is 11.2. The van der Waals surface area contributed by atoms with Crippen LogP contribution in [-0.2, 0) is 22.1 Å². The highest BCUT2D eigenvalue weighted by molar-refractivity contribution is 6.10. The number of amides is 4. The maximum atomic E-state index is 14.4. The van der Waals surface area contributed by atoms with Crippen molar-refractivity contribution in [2.24, 2.45) is 0 Å². The van der Waals surface area contributed by atoms with E-state index < -0.39 is 54.0 Å². The van der Waals surface area contributed by atoms with Gasteiger partial charge in [-0.25, -0.2) is 18.0 Å². The van der Waals surface area contributed by atoms with Crippen molar-refractivity contribution in [3.05, 3.63) is 59.4 Å². The quantitative estimate of drug-likeness (QED) is 0.586. The Balaban J connectivity index is 1.64. The van der Waals surface area contributed by atoms with E-state index in [2.05, 4.69) is 10.1 Å². The predicted octanol–water partition coefficient (Wildman–Crippen LogP) is 3.31. The van der Waals surface area contributed by atoms with Gasteiger partial charge >= 0.3 is 12.6 Å². The Bertz CT molecular complexity index is 1210. The Hall–Kier alpha value is -3.90. The first-order chi connectivity index (χ1) is 17.4. The molecule has 4 rings (SSSR count). The van der Waals surface area contributed by atoms with Gasteiger partial charge in [0.25, 0.3) is 11.8 Å². The first-order valence-electron chi connectivity index (χ1n) is 11.2. The number of alkyl halides is 4. The molecule has 2 aliphatic heterocycles. The molecule has 2 saturated heterocycles. The van der Waals surface area contributed by atoms with Crippen LogP contribution >= 0.6 is 0 Å². The number of piperazine rings is 1. The molecule has 2 fully saturated rings. The van der Waals surface area contributed by atoms with Crippen LogP contribution in [0.15, 0.2) is 42.5 Å². The molecule has 0 radical (unpaired) electrons. The van der Waals surface area contributed by atoms with Crippen molar-refractivity contribution in [2.75, 3.05) is 31.6 Å². The van der Waals surface area contributed by atoms with Crippen molar-refractivity contribution < 1.29 is 41.1 Å². The van der Waals surface area contributed by atoms with Crippen molar-refractivity contribution in [2.45, 2.75) is 31.5 Å². The van der Waals surface area contributed by atoms with Crippen LogP contribution in [0.25, 0.3) is 0 Å². The van der Waals surface area contributed by atoms with E-state index in [0.717, 1.165) is 24.0 Å². The molecule has 0 aromatic heterocycles. The van der Waals surface area contributed by atoms with Crippen LogP contribution in [-0.4, -0.2) is 66.5 Å². The van der Waals surface area contributed by atoms with Gasteiger partial charge < -0.3 is 24.8 Å². The van der Waals surface area contributed by atoms with Gasteiger partial charge in [0, 0.05) is 37.8 Å². The largest absolute Gasteiger partial charge is 0.432 e. The second-order valence-corrected chi connectivity index (χ2v) is 8.89. The Morgan fingerprint density at radius 1 is 1.14 bits per heavy atom. The molecule has 2 aliphatic rings. The second-order valence-electron chi connectivity index (χ2n) is 8.89. The number of carbonyl (C=O) groups excluding carboxylic acids is 3. The smallest absolute Gasteiger partial charge is 0.387 e. The van der Waals surface area contributed by atoms with Crippen LogP contribution in [0, 0.1) is 5.82 Å². The molecular weight excluding hydrogens is 503 g/mol. The number of anilines is 1. The monoisotopic (exact) mass is 526 g/mol. The molecule has 1 spiro atoms. The van der Waals surface area contributed by atoms with Crippen LogP contribution < -0.4 is 15.0 Å². The summed E-state index contributed by atoms with van der Waals surface area (Å²) in [5, 5.41) is 2.43. The molecule has 0 unspecified atom stereocenters. The van der Waals surface area contributed by atoms with E-state index in [1.54, 1.807) is 0 Å². The number of likely N-dealkylation sites (tertiary alicyclic amines) is 1. The van der Waals surface area contributed by atoms with E-state index >= 15 is 0 Å². The minimum atomic E-state index is -3.25. The fourth-order valence-electron chi connectivity index (χ4n) is 4.47. The predicted molar refractivity (Wildman–Crippen MR) is 121 cm³/mol. The Morgan fingerprint density at radius 2 is 1.78 bits per heavy atom. The van der Waals surface area contributed by atoms with Gasteiger partial charge in [0.15, 0.2) is 17.1 Å². The SMILES string of the molecule is CNC(=O)N1CC2(C1)C(=O)N(c1ccc(OC(F)F)c(F)c1)CC(=O)N2Cc1ccc(C(C)(F)F)cc1. The van der Waals surface area contributed by atoms with Gasteiger partial charge in [-0.05, 0) is 17.7 Å². The van der Waals surface area contributed by atoms with Crippen LogP contribution in [0.1, 0.15) is 18.1 Å². The molecule has 0 bridgehead atoms. The van der Waals surface area contributed by atoms with Gasteiger partial charge in [0.2, 0.25) is 5.91 Å². The summed E-state index contributed by atoms with van der Waals surface area (Å²) in [6.45, 7) is -3.39. The third-order valence-electron chi connectivity index (χ3n) is 6.41. The maximum Gasteiger partial charge on any atom is 0.387 e. The van der Waals surface area contributed by atoms with Gasteiger partial charge in [0.05, 0.1) is 13.1 Å². The summed E-state index contributed by atoms with van der Waals surface area (Å²) in [5.41, 5.74) is -1.28. The third-order valence-corrected chi connectivity index (χ3v) is 6.41. The average molecular weight is 526 g/mol.